The Hall–Kier alpha value is -1.42. The molecular weight excluding hydrogens is 895 g/mol. The lowest BCUT2D eigenvalue weighted by Gasteiger charge is -2.41. The molecule has 0 aliphatic carbocycles. The molecule has 6 N–H and O–H groups in total. The Labute approximate surface area is 422 Å². The maximum Gasteiger partial charge on any atom is 0.397 e. The van der Waals surface area contributed by atoms with E-state index in [2.05, 4.69) is 35.5 Å². The third-order valence-electron chi connectivity index (χ3n) is 13.7. The van der Waals surface area contributed by atoms with Crippen LogP contribution < -0.4 is 5.32 Å². The van der Waals surface area contributed by atoms with Gasteiger partial charge in [-0.3, -0.25) is 9.35 Å². The summed E-state index contributed by atoms with van der Waals surface area (Å²) in [5, 5.41) is 44.9. The van der Waals surface area contributed by atoms with E-state index in [0.717, 1.165) is 57.8 Å². The van der Waals surface area contributed by atoms with Crippen LogP contribution in [0.15, 0.2) is 24.3 Å². The van der Waals surface area contributed by atoms with Gasteiger partial charge in [0.2, 0.25) is 5.91 Å². The van der Waals surface area contributed by atoms with Gasteiger partial charge in [0.15, 0.2) is 6.29 Å². The van der Waals surface area contributed by atoms with Crippen LogP contribution >= 0.6 is 0 Å². The minimum absolute atomic E-state index is 0.261. The first-order chi connectivity index (χ1) is 33.5. The number of nitrogens with one attached hydrogen (secondary N) is 1. The van der Waals surface area contributed by atoms with Gasteiger partial charge < -0.3 is 35.2 Å². The Morgan fingerprint density at radius 1 is 0.565 bits per heavy atom. The number of allylic oxidation sites excluding steroid dienone is 3. The van der Waals surface area contributed by atoms with Gasteiger partial charge in [-0.05, 0) is 44.9 Å². The van der Waals surface area contributed by atoms with Gasteiger partial charge in [-0.1, -0.05) is 244 Å². The predicted octanol–water partition coefficient (Wildman–Crippen LogP) is 13.2. The van der Waals surface area contributed by atoms with Gasteiger partial charge in [-0.25, -0.2) is 4.18 Å². The van der Waals surface area contributed by atoms with Crippen LogP contribution in [0.5, 0.6) is 0 Å². The van der Waals surface area contributed by atoms with Crippen molar-refractivity contribution in [3.05, 3.63) is 24.3 Å². The first-order valence-electron chi connectivity index (χ1n) is 28.7. The van der Waals surface area contributed by atoms with Crippen LogP contribution in [-0.4, -0.2) is 95.4 Å². The number of hydrogen-bond donors (Lipinski definition) is 6. The Bertz CT molecular complexity index is 1320. The van der Waals surface area contributed by atoms with E-state index < -0.39 is 59.9 Å². The predicted molar refractivity (Wildman–Crippen MR) is 282 cm³/mol. The Kier molecular flexibility index (Phi) is 44.1. The first kappa shape index (κ1) is 65.6. The molecule has 1 heterocycles. The number of hydrogen-bond acceptors (Lipinski definition) is 10. The van der Waals surface area contributed by atoms with Crippen molar-refractivity contribution in [2.24, 2.45) is 0 Å². The lowest BCUT2D eigenvalue weighted by atomic mass is 9.99. The molecule has 69 heavy (non-hydrogen) atoms. The van der Waals surface area contributed by atoms with Crippen molar-refractivity contribution in [2.45, 2.75) is 314 Å². The summed E-state index contributed by atoms with van der Waals surface area (Å²) in [6.07, 6.45) is 47.9. The zero-order valence-corrected chi connectivity index (χ0v) is 45.0. The molecule has 13 heteroatoms. The Balaban J connectivity index is 2.39. The third-order valence-corrected chi connectivity index (χ3v) is 14.2. The number of amides is 1. The van der Waals surface area contributed by atoms with Gasteiger partial charge in [-0.15, -0.1) is 0 Å². The zero-order chi connectivity index (χ0) is 50.5. The van der Waals surface area contributed by atoms with Crippen LogP contribution in [0, 0.1) is 0 Å². The number of rotatable bonds is 50. The van der Waals surface area contributed by atoms with E-state index in [0.29, 0.717) is 6.42 Å². The molecule has 408 valence electrons. The van der Waals surface area contributed by atoms with Gasteiger partial charge >= 0.3 is 10.4 Å². The molecule has 0 aromatic carbocycles. The number of carbonyl (C=O) groups is 1. The highest BCUT2D eigenvalue weighted by Gasteiger charge is 2.48. The van der Waals surface area contributed by atoms with Crippen molar-refractivity contribution in [1.29, 1.82) is 0 Å². The van der Waals surface area contributed by atoms with E-state index in [1.54, 1.807) is 6.08 Å². The maximum absolute atomic E-state index is 13.1. The molecule has 0 aromatic rings. The second-order valence-electron chi connectivity index (χ2n) is 20.2. The van der Waals surface area contributed by atoms with Gasteiger partial charge in [0, 0.05) is 6.42 Å². The fourth-order valence-electron chi connectivity index (χ4n) is 9.28. The number of ether oxygens (including phenoxy) is 2. The summed E-state index contributed by atoms with van der Waals surface area (Å²) >= 11 is 0. The molecule has 12 nitrogen and oxygen atoms in total. The molecule has 1 aliphatic rings. The summed E-state index contributed by atoms with van der Waals surface area (Å²) in [6, 6.07) is -0.947. The molecule has 0 bridgehead atoms. The van der Waals surface area contributed by atoms with Gasteiger partial charge in [0.1, 0.15) is 24.4 Å². The first-order valence-corrected chi connectivity index (χ1v) is 30.1. The van der Waals surface area contributed by atoms with Crippen LogP contribution in [0.25, 0.3) is 0 Å². The van der Waals surface area contributed by atoms with Crippen LogP contribution in [0.2, 0.25) is 0 Å². The molecule has 0 aromatic heterocycles. The Morgan fingerprint density at radius 3 is 1.30 bits per heavy atom. The molecule has 1 saturated heterocycles. The third kappa shape index (κ3) is 38.8. The van der Waals surface area contributed by atoms with Crippen LogP contribution in [0.4, 0.5) is 0 Å². The van der Waals surface area contributed by atoms with Gasteiger partial charge in [0.05, 0.1) is 25.4 Å². The molecule has 1 fully saturated rings. The molecule has 1 aliphatic heterocycles. The highest BCUT2D eigenvalue weighted by atomic mass is 32.3. The van der Waals surface area contributed by atoms with Gasteiger partial charge in [-0.2, -0.15) is 8.42 Å². The van der Waals surface area contributed by atoms with Crippen LogP contribution in [-0.2, 0) is 28.9 Å². The van der Waals surface area contributed by atoms with Crippen LogP contribution in [0.3, 0.4) is 0 Å². The molecule has 7 atom stereocenters. The topological polar surface area (TPSA) is 192 Å². The molecular formula is C56H107NO11S. The van der Waals surface area contributed by atoms with Gasteiger partial charge in [0.25, 0.3) is 0 Å². The smallest absolute Gasteiger partial charge is 0.394 e. The summed E-state index contributed by atoms with van der Waals surface area (Å²) in [7, 11) is -5.09. The fourth-order valence-corrected chi connectivity index (χ4v) is 9.78. The van der Waals surface area contributed by atoms with Crippen molar-refractivity contribution >= 4 is 16.3 Å². The SMILES string of the molecule is CCCCCCCCCCC/C=C\CCCCCCCC(=O)NC(COC1OC(CO)C(O)C(OS(=O)(=O)O)C1O)C(O)/C=C/CCCCCCCCCCCCCCCCCCCCCCCC. The quantitative estimate of drug-likeness (QED) is 0.0193. The lowest BCUT2D eigenvalue weighted by Crippen LogP contribution is -2.61. The van der Waals surface area contributed by atoms with Crippen molar-refractivity contribution in [3.63, 3.8) is 0 Å². The van der Waals surface area contributed by atoms with E-state index in [4.69, 9.17) is 9.47 Å². The average molecular weight is 1000 g/mol. The molecule has 1 rings (SSSR count). The molecule has 7 unspecified atom stereocenters. The zero-order valence-electron chi connectivity index (χ0n) is 44.1. The molecule has 0 radical (unpaired) electrons. The van der Waals surface area contributed by atoms with E-state index in [1.807, 2.05) is 6.08 Å². The second kappa shape index (κ2) is 46.4. The summed E-state index contributed by atoms with van der Waals surface area (Å²) in [6.45, 7) is 3.42. The number of unbranched alkanes of at least 4 members (excludes halogenated alkanes) is 36. The molecule has 1 amide bonds. The normalized spacial score (nSPS) is 19.8. The average Bonchev–Trinajstić information content (AvgIpc) is 3.32. The molecule has 0 saturated carbocycles. The van der Waals surface area contributed by atoms with E-state index in [9.17, 15) is 38.2 Å². The van der Waals surface area contributed by atoms with E-state index in [-0.39, 0.29) is 18.9 Å². The monoisotopic (exact) mass is 1000 g/mol. The lowest BCUT2D eigenvalue weighted by molar-refractivity contribution is -0.298. The van der Waals surface area contributed by atoms with E-state index in [1.165, 1.54) is 186 Å². The highest BCUT2D eigenvalue weighted by Crippen LogP contribution is 2.26. The molecule has 0 spiro atoms. The summed E-state index contributed by atoms with van der Waals surface area (Å²) in [5.41, 5.74) is 0. The Morgan fingerprint density at radius 2 is 0.928 bits per heavy atom. The minimum Gasteiger partial charge on any atom is -0.394 e. The van der Waals surface area contributed by atoms with Crippen molar-refractivity contribution in [1.82, 2.24) is 5.32 Å². The minimum atomic E-state index is -5.09. The number of aliphatic hydroxyl groups excluding tert-OH is 4. The van der Waals surface area contributed by atoms with Crippen molar-refractivity contribution in [2.75, 3.05) is 13.2 Å². The van der Waals surface area contributed by atoms with E-state index >= 15 is 0 Å². The second-order valence-corrected chi connectivity index (χ2v) is 21.3. The fraction of sp³-hybridized carbons (Fsp3) is 0.911. The summed E-state index contributed by atoms with van der Waals surface area (Å²) in [4.78, 5) is 13.1. The largest absolute Gasteiger partial charge is 0.397 e. The summed E-state index contributed by atoms with van der Waals surface area (Å²) < 4.78 is 47.8. The highest BCUT2D eigenvalue weighted by molar-refractivity contribution is 7.80. The standard InChI is InChI=1S/C56H107NO11S/c1-3-5-7-9-11-13-15-17-19-21-23-24-25-26-27-28-29-31-33-35-37-39-41-43-45-50(59)49(48-66-56-54(62)55(68-69(63,64)65)53(61)51(47-58)67-56)57-52(60)46-44-42-40-38-36-34-32-30-22-20-18-16-14-12-10-8-6-4-2/h30,32,43,45,49-51,53-56,58-59,61-62H,3-29,31,33-42,44,46-48H2,1-2H3,(H,57,60)(H,63,64,65)/b32-30-,45-43+. The van der Waals surface area contributed by atoms with Crippen LogP contribution in [0.1, 0.15) is 271 Å². The maximum atomic E-state index is 13.1. The number of carbonyl (C=O) groups excluding carboxylic acids is 1. The number of aliphatic hydroxyl groups is 4. The summed E-state index contributed by atoms with van der Waals surface area (Å²) in [5.74, 6) is -0.267. The van der Waals surface area contributed by atoms with Crippen molar-refractivity contribution in [3.8, 4) is 0 Å². The van der Waals surface area contributed by atoms with Crippen molar-refractivity contribution < 1.29 is 51.8 Å².